The van der Waals surface area contributed by atoms with E-state index in [1.165, 1.54) is 30.3 Å². The van der Waals surface area contributed by atoms with Crippen LogP contribution in [0.5, 0.6) is 17.2 Å². The molecule has 0 bridgehead atoms. The van der Waals surface area contributed by atoms with Crippen molar-refractivity contribution in [2.75, 3.05) is 0 Å². The molecule has 25 heavy (non-hydrogen) atoms. The summed E-state index contributed by atoms with van der Waals surface area (Å²) in [5.74, 6) is 0.302. The molecule has 2 rings (SSSR count). The van der Waals surface area contributed by atoms with Crippen molar-refractivity contribution in [1.82, 2.24) is 0 Å². The van der Waals surface area contributed by atoms with Crippen molar-refractivity contribution in [2.45, 2.75) is 38.9 Å². The van der Waals surface area contributed by atoms with Gasteiger partial charge in [-0.2, -0.15) is 0 Å². The Bertz CT molecular complexity index is 726. The summed E-state index contributed by atoms with van der Waals surface area (Å²) in [5, 5.41) is 19.1. The highest BCUT2D eigenvalue weighted by molar-refractivity contribution is 6.74. The predicted octanol–water partition coefficient (Wildman–Crippen LogP) is 5.79. The maximum atomic E-state index is 13.7. The van der Waals surface area contributed by atoms with Crippen molar-refractivity contribution >= 4 is 20.5 Å². The molecule has 0 spiro atoms. The van der Waals surface area contributed by atoms with Crippen LogP contribution in [0.2, 0.25) is 18.1 Å². The molecule has 0 aromatic heterocycles. The van der Waals surface area contributed by atoms with Crippen LogP contribution in [0.3, 0.4) is 0 Å². The molecule has 0 saturated heterocycles. The molecule has 0 aliphatic rings. The van der Waals surface area contributed by atoms with Gasteiger partial charge in [-0.25, -0.2) is 4.39 Å². The van der Waals surface area contributed by atoms with Crippen molar-refractivity contribution in [3.8, 4) is 17.2 Å². The second-order valence-electron chi connectivity index (χ2n) is 6.14. The standard InChI is InChI=1S/C20H25FO3Si/c1-4-25(5-2,6-3)24-20-10-9-17(21)13-16(20)8-7-15-11-18(22)14-19(23)12-15/h7-14,22-23H,4-6H2,1-3H3/b8-7+. The van der Waals surface area contributed by atoms with E-state index < -0.39 is 8.32 Å². The van der Waals surface area contributed by atoms with E-state index in [-0.39, 0.29) is 17.3 Å². The zero-order chi connectivity index (χ0) is 18.4. The molecular weight excluding hydrogens is 335 g/mol. The normalized spacial score (nSPS) is 11.8. The summed E-state index contributed by atoms with van der Waals surface area (Å²) in [4.78, 5) is 0. The summed E-state index contributed by atoms with van der Waals surface area (Å²) >= 11 is 0. The molecular formula is C20H25FO3Si. The molecule has 2 N–H and O–H groups in total. The quantitative estimate of drug-likeness (QED) is 0.485. The van der Waals surface area contributed by atoms with Gasteiger partial charge in [0, 0.05) is 11.6 Å². The zero-order valence-electron chi connectivity index (χ0n) is 14.9. The van der Waals surface area contributed by atoms with E-state index in [4.69, 9.17) is 4.43 Å². The van der Waals surface area contributed by atoms with E-state index in [0.29, 0.717) is 16.9 Å². The maximum Gasteiger partial charge on any atom is 0.250 e. The lowest BCUT2D eigenvalue weighted by Crippen LogP contribution is -2.39. The molecule has 0 radical (unpaired) electrons. The molecule has 0 heterocycles. The fourth-order valence-electron chi connectivity index (χ4n) is 2.84. The largest absolute Gasteiger partial charge is 0.543 e. The van der Waals surface area contributed by atoms with E-state index in [9.17, 15) is 14.6 Å². The first-order valence-electron chi connectivity index (χ1n) is 8.61. The molecule has 0 amide bonds. The fraction of sp³-hybridized carbons (Fsp3) is 0.300. The van der Waals surface area contributed by atoms with Gasteiger partial charge in [0.2, 0.25) is 0 Å². The Kier molecular flexibility index (Phi) is 6.25. The van der Waals surface area contributed by atoms with Gasteiger partial charge in [-0.15, -0.1) is 0 Å². The van der Waals surface area contributed by atoms with Crippen molar-refractivity contribution in [3.63, 3.8) is 0 Å². The third-order valence-electron chi connectivity index (χ3n) is 4.61. The topological polar surface area (TPSA) is 49.7 Å². The van der Waals surface area contributed by atoms with Crippen LogP contribution in [0.4, 0.5) is 4.39 Å². The Hall–Kier alpha value is -2.27. The number of phenolic OH excluding ortho intramolecular Hbond substituents is 2. The Morgan fingerprint density at radius 3 is 2.08 bits per heavy atom. The second-order valence-corrected chi connectivity index (χ2v) is 10.8. The van der Waals surface area contributed by atoms with Crippen LogP contribution < -0.4 is 4.43 Å². The summed E-state index contributed by atoms with van der Waals surface area (Å²) in [6, 6.07) is 11.8. The molecule has 0 fully saturated rings. The molecule has 0 aliphatic carbocycles. The average molecular weight is 361 g/mol. The molecule has 3 nitrogen and oxygen atoms in total. The third kappa shape index (κ3) is 4.86. The van der Waals surface area contributed by atoms with Gasteiger partial charge in [0.15, 0.2) is 0 Å². The Morgan fingerprint density at radius 2 is 1.52 bits per heavy atom. The monoisotopic (exact) mass is 360 g/mol. The van der Waals surface area contributed by atoms with Crippen molar-refractivity contribution in [2.24, 2.45) is 0 Å². The highest BCUT2D eigenvalue weighted by Gasteiger charge is 2.31. The van der Waals surface area contributed by atoms with E-state index in [1.54, 1.807) is 18.2 Å². The molecule has 2 aromatic rings. The first kappa shape index (κ1) is 19.1. The summed E-state index contributed by atoms with van der Waals surface area (Å²) in [7, 11) is -1.87. The zero-order valence-corrected chi connectivity index (χ0v) is 15.9. The lowest BCUT2D eigenvalue weighted by molar-refractivity contribution is 0.450. The average Bonchev–Trinajstić information content (AvgIpc) is 2.59. The molecule has 0 unspecified atom stereocenters. The van der Waals surface area contributed by atoms with Gasteiger partial charge in [0.05, 0.1) is 0 Å². The van der Waals surface area contributed by atoms with Crippen LogP contribution in [-0.2, 0) is 0 Å². The van der Waals surface area contributed by atoms with Gasteiger partial charge < -0.3 is 14.6 Å². The SMILES string of the molecule is CC[Si](CC)(CC)Oc1ccc(F)cc1/C=C/c1cc(O)cc(O)c1. The first-order valence-corrected chi connectivity index (χ1v) is 11.1. The molecule has 0 aliphatic heterocycles. The highest BCUT2D eigenvalue weighted by Crippen LogP contribution is 2.30. The number of hydrogen-bond donors (Lipinski definition) is 2. The van der Waals surface area contributed by atoms with Crippen LogP contribution >= 0.6 is 0 Å². The number of benzene rings is 2. The minimum absolute atomic E-state index is 0.0234. The molecule has 2 aromatic carbocycles. The van der Waals surface area contributed by atoms with Crippen LogP contribution in [0.15, 0.2) is 36.4 Å². The molecule has 5 heteroatoms. The minimum Gasteiger partial charge on any atom is -0.543 e. The van der Waals surface area contributed by atoms with Crippen LogP contribution in [0.1, 0.15) is 31.9 Å². The van der Waals surface area contributed by atoms with Crippen LogP contribution in [-0.4, -0.2) is 18.5 Å². The smallest absolute Gasteiger partial charge is 0.250 e. The Morgan fingerprint density at radius 1 is 0.920 bits per heavy atom. The van der Waals surface area contributed by atoms with Gasteiger partial charge in [-0.05, 0) is 54.0 Å². The van der Waals surface area contributed by atoms with E-state index in [0.717, 1.165) is 18.1 Å². The van der Waals surface area contributed by atoms with Crippen LogP contribution in [0, 0.1) is 5.82 Å². The van der Waals surface area contributed by atoms with Crippen molar-refractivity contribution in [1.29, 1.82) is 0 Å². The van der Waals surface area contributed by atoms with Gasteiger partial charge in [-0.1, -0.05) is 32.9 Å². The Balaban J connectivity index is 2.37. The number of aromatic hydroxyl groups is 2. The van der Waals surface area contributed by atoms with E-state index in [1.807, 2.05) is 0 Å². The number of phenols is 2. The van der Waals surface area contributed by atoms with Gasteiger partial charge in [0.1, 0.15) is 23.1 Å². The lowest BCUT2D eigenvalue weighted by atomic mass is 10.1. The van der Waals surface area contributed by atoms with Gasteiger partial charge in [0.25, 0.3) is 8.32 Å². The number of halogens is 1. The predicted molar refractivity (Wildman–Crippen MR) is 103 cm³/mol. The summed E-state index contributed by atoms with van der Waals surface area (Å²) in [6.45, 7) is 6.44. The fourth-order valence-corrected chi connectivity index (χ4v) is 5.43. The molecule has 0 atom stereocenters. The van der Waals surface area contributed by atoms with E-state index >= 15 is 0 Å². The maximum absolute atomic E-state index is 13.7. The number of rotatable bonds is 7. The second kappa shape index (κ2) is 8.21. The van der Waals surface area contributed by atoms with Gasteiger partial charge in [-0.3, -0.25) is 0 Å². The summed E-state index contributed by atoms with van der Waals surface area (Å²) in [6.07, 6.45) is 3.46. The van der Waals surface area contributed by atoms with Crippen LogP contribution in [0.25, 0.3) is 12.2 Å². The number of hydrogen-bond acceptors (Lipinski definition) is 3. The minimum atomic E-state index is -1.87. The Labute approximate surface area is 149 Å². The molecule has 0 saturated carbocycles. The van der Waals surface area contributed by atoms with Crippen molar-refractivity contribution < 1.29 is 19.0 Å². The highest BCUT2D eigenvalue weighted by atomic mass is 28.4. The van der Waals surface area contributed by atoms with Gasteiger partial charge >= 0.3 is 0 Å². The third-order valence-corrected chi connectivity index (χ3v) is 9.13. The summed E-state index contributed by atoms with van der Waals surface area (Å²) < 4.78 is 20.1. The molecule has 134 valence electrons. The first-order chi connectivity index (χ1) is 11.9. The van der Waals surface area contributed by atoms with E-state index in [2.05, 4.69) is 20.8 Å². The summed E-state index contributed by atoms with van der Waals surface area (Å²) in [5.41, 5.74) is 1.27. The van der Waals surface area contributed by atoms with Crippen molar-refractivity contribution in [3.05, 3.63) is 53.3 Å². The lowest BCUT2D eigenvalue weighted by Gasteiger charge is -2.29.